The van der Waals surface area contributed by atoms with E-state index in [1.807, 2.05) is 30.3 Å². The number of aromatic nitrogens is 1. The molecule has 0 bridgehead atoms. The minimum atomic E-state index is -0.616. The van der Waals surface area contributed by atoms with Crippen LogP contribution in [0.2, 0.25) is 0 Å². The van der Waals surface area contributed by atoms with Gasteiger partial charge in [-0.1, -0.05) is 12.1 Å². The van der Waals surface area contributed by atoms with E-state index < -0.39 is 11.6 Å². The standard InChI is InChI=1S/C16H11BrF2N2/c17-12-7-16(14(19)8-13(12)18)21-9-10-3-4-15-11(6-10)2-1-5-20-15/h1-8,21H,9H2. The Hall–Kier alpha value is -2.01. The van der Waals surface area contributed by atoms with Gasteiger partial charge in [-0.05, 0) is 45.8 Å². The predicted molar refractivity (Wildman–Crippen MR) is 83.1 cm³/mol. The van der Waals surface area contributed by atoms with Crippen molar-refractivity contribution >= 4 is 32.5 Å². The molecule has 0 atom stereocenters. The van der Waals surface area contributed by atoms with E-state index in [0.717, 1.165) is 22.5 Å². The minimum absolute atomic E-state index is 0.231. The molecule has 0 radical (unpaired) electrons. The first kappa shape index (κ1) is 13.9. The van der Waals surface area contributed by atoms with E-state index in [2.05, 4.69) is 26.2 Å². The van der Waals surface area contributed by atoms with Crippen molar-refractivity contribution in [1.29, 1.82) is 0 Å². The zero-order valence-corrected chi connectivity index (χ0v) is 12.5. The largest absolute Gasteiger partial charge is 0.379 e. The first-order chi connectivity index (χ1) is 10.1. The lowest BCUT2D eigenvalue weighted by Gasteiger charge is -2.09. The number of hydrogen-bond donors (Lipinski definition) is 1. The lowest BCUT2D eigenvalue weighted by molar-refractivity contribution is 0.580. The van der Waals surface area contributed by atoms with E-state index >= 15 is 0 Å². The van der Waals surface area contributed by atoms with Crippen molar-refractivity contribution in [1.82, 2.24) is 4.98 Å². The van der Waals surface area contributed by atoms with Gasteiger partial charge < -0.3 is 5.32 Å². The zero-order chi connectivity index (χ0) is 14.8. The van der Waals surface area contributed by atoms with Gasteiger partial charge >= 0.3 is 0 Å². The maximum absolute atomic E-state index is 13.7. The van der Waals surface area contributed by atoms with Crippen LogP contribution in [0.25, 0.3) is 10.9 Å². The summed E-state index contributed by atoms with van der Waals surface area (Å²) in [7, 11) is 0. The van der Waals surface area contributed by atoms with Crippen molar-refractivity contribution in [3.05, 3.63) is 70.3 Å². The molecule has 2 aromatic carbocycles. The molecule has 0 aliphatic heterocycles. The summed E-state index contributed by atoms with van der Waals surface area (Å²) >= 11 is 3.05. The Balaban J connectivity index is 1.81. The van der Waals surface area contributed by atoms with Crippen LogP contribution in [0, 0.1) is 11.6 Å². The van der Waals surface area contributed by atoms with Crippen LogP contribution in [0.3, 0.4) is 0 Å². The minimum Gasteiger partial charge on any atom is -0.379 e. The number of rotatable bonds is 3. The van der Waals surface area contributed by atoms with Crippen molar-refractivity contribution in [2.24, 2.45) is 0 Å². The summed E-state index contributed by atoms with van der Waals surface area (Å²) in [6.07, 6.45) is 1.74. The van der Waals surface area contributed by atoms with E-state index in [1.54, 1.807) is 6.20 Å². The molecule has 1 heterocycles. The van der Waals surface area contributed by atoms with Gasteiger partial charge in [-0.2, -0.15) is 0 Å². The van der Waals surface area contributed by atoms with E-state index in [0.29, 0.717) is 6.54 Å². The molecule has 106 valence electrons. The third-order valence-electron chi connectivity index (χ3n) is 3.16. The van der Waals surface area contributed by atoms with Crippen molar-refractivity contribution in [2.75, 3.05) is 5.32 Å². The number of fused-ring (bicyclic) bond motifs is 1. The number of anilines is 1. The van der Waals surface area contributed by atoms with Crippen LogP contribution in [0.4, 0.5) is 14.5 Å². The highest BCUT2D eigenvalue weighted by Crippen LogP contribution is 2.24. The highest BCUT2D eigenvalue weighted by Gasteiger charge is 2.08. The molecule has 0 spiro atoms. The van der Waals surface area contributed by atoms with Crippen LogP contribution in [-0.4, -0.2) is 4.98 Å². The molecular formula is C16H11BrF2N2. The van der Waals surface area contributed by atoms with Crippen LogP contribution >= 0.6 is 15.9 Å². The molecule has 0 aliphatic carbocycles. The van der Waals surface area contributed by atoms with Gasteiger partial charge in [0.05, 0.1) is 15.7 Å². The van der Waals surface area contributed by atoms with Gasteiger partial charge in [-0.15, -0.1) is 0 Å². The highest BCUT2D eigenvalue weighted by molar-refractivity contribution is 9.10. The summed E-state index contributed by atoms with van der Waals surface area (Å²) in [4.78, 5) is 4.25. The summed E-state index contributed by atoms with van der Waals surface area (Å²) in [5, 5.41) is 4.00. The quantitative estimate of drug-likeness (QED) is 0.681. The molecule has 5 heteroatoms. The summed E-state index contributed by atoms with van der Waals surface area (Å²) in [6, 6.07) is 11.9. The fourth-order valence-electron chi connectivity index (χ4n) is 2.09. The Labute approximate surface area is 129 Å². The first-order valence-corrected chi connectivity index (χ1v) is 7.15. The van der Waals surface area contributed by atoms with Gasteiger partial charge in [0.15, 0.2) is 0 Å². The van der Waals surface area contributed by atoms with Crippen molar-refractivity contribution in [3.63, 3.8) is 0 Å². The van der Waals surface area contributed by atoms with Crippen LogP contribution in [0.1, 0.15) is 5.56 Å². The van der Waals surface area contributed by atoms with Crippen molar-refractivity contribution in [3.8, 4) is 0 Å². The topological polar surface area (TPSA) is 24.9 Å². The number of halogens is 3. The molecule has 0 amide bonds. The Bertz CT molecular complexity index is 805. The summed E-state index contributed by atoms with van der Waals surface area (Å²) in [5.74, 6) is -1.23. The molecular weight excluding hydrogens is 338 g/mol. The molecule has 0 aliphatic rings. The third-order valence-corrected chi connectivity index (χ3v) is 3.77. The number of pyridine rings is 1. The molecule has 1 N–H and O–H groups in total. The maximum Gasteiger partial charge on any atom is 0.149 e. The molecule has 0 saturated heterocycles. The second kappa shape index (κ2) is 5.77. The SMILES string of the molecule is Fc1cc(F)c(NCc2ccc3ncccc3c2)cc1Br. The molecule has 0 saturated carbocycles. The van der Waals surface area contributed by atoms with Gasteiger partial charge in [0.1, 0.15) is 11.6 Å². The van der Waals surface area contributed by atoms with Crippen molar-refractivity contribution < 1.29 is 8.78 Å². The van der Waals surface area contributed by atoms with E-state index in [1.165, 1.54) is 6.07 Å². The summed E-state index contributed by atoms with van der Waals surface area (Å²) < 4.78 is 27.1. The van der Waals surface area contributed by atoms with E-state index in [4.69, 9.17) is 0 Å². The molecule has 0 fully saturated rings. The number of nitrogens with zero attached hydrogens (tertiary/aromatic N) is 1. The normalized spacial score (nSPS) is 10.8. The number of benzene rings is 2. The molecule has 21 heavy (non-hydrogen) atoms. The van der Waals surface area contributed by atoms with Gasteiger partial charge in [0, 0.05) is 24.2 Å². The van der Waals surface area contributed by atoms with Crippen molar-refractivity contribution in [2.45, 2.75) is 6.54 Å². The lowest BCUT2D eigenvalue weighted by atomic mass is 10.1. The first-order valence-electron chi connectivity index (χ1n) is 6.35. The maximum atomic E-state index is 13.7. The number of hydrogen-bond acceptors (Lipinski definition) is 2. The van der Waals surface area contributed by atoms with Gasteiger partial charge in [0.2, 0.25) is 0 Å². The average Bonchev–Trinajstić information content (AvgIpc) is 2.49. The van der Waals surface area contributed by atoms with E-state index in [-0.39, 0.29) is 10.2 Å². The Morgan fingerprint density at radius 2 is 1.90 bits per heavy atom. The predicted octanol–water partition coefficient (Wildman–Crippen LogP) is 4.89. The fraction of sp³-hybridized carbons (Fsp3) is 0.0625. The highest BCUT2D eigenvalue weighted by atomic mass is 79.9. The smallest absolute Gasteiger partial charge is 0.149 e. The molecule has 2 nitrogen and oxygen atoms in total. The van der Waals surface area contributed by atoms with Gasteiger partial charge in [0.25, 0.3) is 0 Å². The lowest BCUT2D eigenvalue weighted by Crippen LogP contribution is -2.02. The Kier molecular flexibility index (Phi) is 3.84. The fourth-order valence-corrected chi connectivity index (χ4v) is 2.43. The Morgan fingerprint density at radius 1 is 1.05 bits per heavy atom. The summed E-state index contributed by atoms with van der Waals surface area (Å²) in [5.41, 5.74) is 2.17. The molecule has 3 rings (SSSR count). The monoisotopic (exact) mass is 348 g/mol. The summed E-state index contributed by atoms with van der Waals surface area (Å²) in [6.45, 7) is 0.444. The Morgan fingerprint density at radius 3 is 2.76 bits per heavy atom. The molecule has 0 unspecified atom stereocenters. The van der Waals surface area contributed by atoms with Crippen LogP contribution in [-0.2, 0) is 6.54 Å². The number of nitrogens with one attached hydrogen (secondary N) is 1. The van der Waals surface area contributed by atoms with Gasteiger partial charge in [-0.25, -0.2) is 8.78 Å². The third kappa shape index (κ3) is 3.03. The van der Waals surface area contributed by atoms with Crippen LogP contribution < -0.4 is 5.32 Å². The van der Waals surface area contributed by atoms with Crippen LogP contribution in [0.15, 0.2) is 53.1 Å². The molecule has 1 aromatic heterocycles. The van der Waals surface area contributed by atoms with Gasteiger partial charge in [-0.3, -0.25) is 4.98 Å². The van der Waals surface area contributed by atoms with E-state index in [9.17, 15) is 8.78 Å². The average molecular weight is 349 g/mol. The van der Waals surface area contributed by atoms with Crippen LogP contribution in [0.5, 0.6) is 0 Å². The second-order valence-corrected chi connectivity index (χ2v) is 5.48. The zero-order valence-electron chi connectivity index (χ0n) is 10.9. The second-order valence-electron chi connectivity index (χ2n) is 4.63. The molecule has 3 aromatic rings.